The smallest absolute Gasteiger partial charge is 0.423 e. The standard InChI is InChI=1S/C11H13F3N2O2S/c1-10(3-4-18-10)6-17-8-7(11(12,13)14)5-15-9(16-8)19-2/h5H,3-4,6H2,1-2H3. The first-order chi connectivity index (χ1) is 8.84. The topological polar surface area (TPSA) is 44.2 Å². The Bertz CT molecular complexity index is 464. The molecule has 0 saturated carbocycles. The molecule has 1 aromatic heterocycles. The van der Waals surface area contributed by atoms with Gasteiger partial charge in [0.05, 0.1) is 6.61 Å². The van der Waals surface area contributed by atoms with Gasteiger partial charge in [-0.1, -0.05) is 11.8 Å². The number of aromatic nitrogens is 2. The molecule has 0 spiro atoms. The second-order valence-electron chi connectivity index (χ2n) is 4.41. The van der Waals surface area contributed by atoms with Crippen molar-refractivity contribution in [3.8, 4) is 5.88 Å². The quantitative estimate of drug-likeness (QED) is 0.631. The van der Waals surface area contributed by atoms with Crippen LogP contribution in [0.4, 0.5) is 13.2 Å². The van der Waals surface area contributed by atoms with Gasteiger partial charge in [0.25, 0.3) is 0 Å². The van der Waals surface area contributed by atoms with Crippen molar-refractivity contribution in [1.29, 1.82) is 0 Å². The van der Waals surface area contributed by atoms with Crippen LogP contribution in [0.5, 0.6) is 5.88 Å². The van der Waals surface area contributed by atoms with E-state index in [-0.39, 0.29) is 11.8 Å². The molecule has 1 aromatic rings. The first kappa shape index (κ1) is 14.4. The van der Waals surface area contributed by atoms with Gasteiger partial charge in [-0.05, 0) is 13.2 Å². The summed E-state index contributed by atoms with van der Waals surface area (Å²) in [5, 5.41) is 0.239. The van der Waals surface area contributed by atoms with E-state index in [0.717, 1.165) is 24.4 Å². The third-order valence-electron chi connectivity index (χ3n) is 2.82. The molecule has 0 aliphatic carbocycles. The van der Waals surface area contributed by atoms with Crippen LogP contribution in [0, 0.1) is 0 Å². The highest BCUT2D eigenvalue weighted by molar-refractivity contribution is 7.98. The van der Waals surface area contributed by atoms with E-state index >= 15 is 0 Å². The largest absolute Gasteiger partial charge is 0.474 e. The van der Waals surface area contributed by atoms with E-state index in [1.54, 1.807) is 13.2 Å². The average Bonchev–Trinajstić information content (AvgIpc) is 2.32. The van der Waals surface area contributed by atoms with Crippen molar-refractivity contribution in [3.05, 3.63) is 11.8 Å². The molecule has 4 nitrogen and oxygen atoms in total. The lowest BCUT2D eigenvalue weighted by Crippen LogP contribution is -2.45. The third-order valence-corrected chi connectivity index (χ3v) is 3.38. The molecule has 2 rings (SSSR count). The molecule has 8 heteroatoms. The number of hydrogen-bond acceptors (Lipinski definition) is 5. The lowest BCUT2D eigenvalue weighted by atomic mass is 9.99. The van der Waals surface area contributed by atoms with Crippen LogP contribution in [-0.2, 0) is 10.9 Å². The molecule has 0 amide bonds. The Balaban J connectivity index is 2.20. The second-order valence-corrected chi connectivity index (χ2v) is 5.18. The highest BCUT2D eigenvalue weighted by Crippen LogP contribution is 2.36. The highest BCUT2D eigenvalue weighted by Gasteiger charge is 2.38. The van der Waals surface area contributed by atoms with Crippen LogP contribution in [0.25, 0.3) is 0 Å². The highest BCUT2D eigenvalue weighted by atomic mass is 32.2. The van der Waals surface area contributed by atoms with E-state index in [9.17, 15) is 13.2 Å². The van der Waals surface area contributed by atoms with Gasteiger partial charge in [0.1, 0.15) is 17.8 Å². The number of thioether (sulfide) groups is 1. The molecule has 0 aromatic carbocycles. The summed E-state index contributed by atoms with van der Waals surface area (Å²) in [5.74, 6) is -0.441. The number of alkyl halides is 3. The maximum Gasteiger partial charge on any atom is 0.423 e. The van der Waals surface area contributed by atoms with Crippen molar-refractivity contribution in [2.24, 2.45) is 0 Å². The summed E-state index contributed by atoms with van der Waals surface area (Å²) in [6.45, 7) is 2.44. The molecule has 1 unspecified atom stereocenters. The fraction of sp³-hybridized carbons (Fsp3) is 0.636. The molecule has 1 saturated heterocycles. The van der Waals surface area contributed by atoms with Crippen LogP contribution in [0.2, 0.25) is 0 Å². The molecular formula is C11H13F3N2O2S. The zero-order chi connectivity index (χ0) is 14.1. The molecule has 1 fully saturated rings. The molecule has 1 aliphatic heterocycles. The van der Waals surface area contributed by atoms with Crippen LogP contribution < -0.4 is 4.74 Å². The molecule has 0 bridgehead atoms. The summed E-state index contributed by atoms with van der Waals surface area (Å²) < 4.78 is 48.9. The third kappa shape index (κ3) is 3.30. The van der Waals surface area contributed by atoms with E-state index < -0.39 is 23.2 Å². The summed E-state index contributed by atoms with van der Waals surface area (Å²) in [6, 6.07) is 0. The van der Waals surface area contributed by atoms with E-state index in [0.29, 0.717) is 6.61 Å². The van der Waals surface area contributed by atoms with Crippen molar-refractivity contribution in [1.82, 2.24) is 9.97 Å². The molecule has 0 N–H and O–H groups in total. The first-order valence-corrected chi connectivity index (χ1v) is 6.81. The van der Waals surface area contributed by atoms with Gasteiger partial charge in [0, 0.05) is 12.6 Å². The molecule has 1 atom stereocenters. The fourth-order valence-corrected chi connectivity index (χ4v) is 1.87. The van der Waals surface area contributed by atoms with Gasteiger partial charge in [-0.2, -0.15) is 18.2 Å². The second kappa shape index (κ2) is 5.16. The molecule has 1 aliphatic rings. The van der Waals surface area contributed by atoms with E-state index in [2.05, 4.69) is 9.97 Å². The van der Waals surface area contributed by atoms with Gasteiger partial charge in [0.2, 0.25) is 5.88 Å². The van der Waals surface area contributed by atoms with Gasteiger partial charge in [-0.25, -0.2) is 4.98 Å². The Morgan fingerprint density at radius 3 is 2.68 bits per heavy atom. The predicted molar refractivity (Wildman–Crippen MR) is 63.3 cm³/mol. The van der Waals surface area contributed by atoms with E-state index in [1.165, 1.54) is 0 Å². The SMILES string of the molecule is CSc1ncc(C(F)(F)F)c(OCC2(C)CCO2)n1. The van der Waals surface area contributed by atoms with Crippen LogP contribution >= 0.6 is 11.8 Å². The lowest BCUT2D eigenvalue weighted by molar-refractivity contribution is -0.157. The zero-order valence-electron chi connectivity index (χ0n) is 10.5. The van der Waals surface area contributed by atoms with Crippen LogP contribution in [0.1, 0.15) is 18.9 Å². The Hall–Kier alpha value is -1.02. The Labute approximate surface area is 112 Å². The first-order valence-electron chi connectivity index (χ1n) is 5.59. The number of ether oxygens (including phenoxy) is 2. The molecule has 106 valence electrons. The zero-order valence-corrected chi connectivity index (χ0v) is 11.3. The van der Waals surface area contributed by atoms with Crippen LogP contribution in [-0.4, -0.2) is 35.0 Å². The summed E-state index contributed by atoms with van der Waals surface area (Å²) in [7, 11) is 0. The van der Waals surface area contributed by atoms with Crippen molar-refractivity contribution < 1.29 is 22.6 Å². The Morgan fingerprint density at radius 1 is 1.53 bits per heavy atom. The Morgan fingerprint density at radius 2 is 2.21 bits per heavy atom. The van der Waals surface area contributed by atoms with E-state index in [1.807, 2.05) is 0 Å². The fourth-order valence-electron chi connectivity index (χ4n) is 1.54. The molecular weight excluding hydrogens is 281 g/mol. The van der Waals surface area contributed by atoms with Gasteiger partial charge in [-0.3, -0.25) is 0 Å². The minimum atomic E-state index is -4.53. The minimum absolute atomic E-state index is 0.0426. The number of rotatable bonds is 4. The normalized spacial score (nSPS) is 23.0. The number of halogens is 3. The maximum absolute atomic E-state index is 12.8. The van der Waals surface area contributed by atoms with Crippen LogP contribution in [0.15, 0.2) is 11.4 Å². The lowest BCUT2D eigenvalue weighted by Gasteiger charge is -2.38. The van der Waals surface area contributed by atoms with Crippen molar-refractivity contribution in [3.63, 3.8) is 0 Å². The maximum atomic E-state index is 12.8. The summed E-state index contributed by atoms with van der Waals surface area (Å²) in [6.07, 6.45) is -1.34. The molecule has 19 heavy (non-hydrogen) atoms. The number of hydrogen-bond donors (Lipinski definition) is 0. The van der Waals surface area contributed by atoms with Crippen LogP contribution in [0.3, 0.4) is 0 Å². The summed E-state index contributed by atoms with van der Waals surface area (Å²) in [4.78, 5) is 7.40. The van der Waals surface area contributed by atoms with E-state index in [4.69, 9.17) is 9.47 Å². The van der Waals surface area contributed by atoms with Crippen molar-refractivity contribution in [2.75, 3.05) is 19.5 Å². The minimum Gasteiger partial charge on any atom is -0.474 e. The van der Waals surface area contributed by atoms with Crippen molar-refractivity contribution >= 4 is 11.8 Å². The monoisotopic (exact) mass is 294 g/mol. The summed E-state index contributed by atoms with van der Waals surface area (Å²) >= 11 is 1.15. The average molecular weight is 294 g/mol. The number of nitrogens with zero attached hydrogens (tertiary/aromatic N) is 2. The van der Waals surface area contributed by atoms with Gasteiger partial charge < -0.3 is 9.47 Å². The molecule has 2 heterocycles. The van der Waals surface area contributed by atoms with Gasteiger partial charge in [-0.15, -0.1) is 0 Å². The van der Waals surface area contributed by atoms with Gasteiger partial charge >= 0.3 is 6.18 Å². The van der Waals surface area contributed by atoms with Gasteiger partial charge in [0.15, 0.2) is 5.16 Å². The van der Waals surface area contributed by atoms with Crippen molar-refractivity contribution in [2.45, 2.75) is 30.3 Å². The Kier molecular flexibility index (Phi) is 3.91. The molecule has 0 radical (unpaired) electrons. The predicted octanol–water partition coefficient (Wildman–Crippen LogP) is 2.78. The summed E-state index contributed by atoms with van der Waals surface area (Å²) in [5.41, 5.74) is -1.49.